The molecule has 1 atom stereocenters. The fourth-order valence-electron chi connectivity index (χ4n) is 0.499. The number of hydrogen-bond acceptors (Lipinski definition) is 1. The molecule has 0 aliphatic rings. The molecule has 0 aromatic carbocycles. The number of nitrogens with two attached hydrogens (primary N) is 1. The van der Waals surface area contributed by atoms with Crippen molar-refractivity contribution < 1.29 is 0 Å². The van der Waals surface area contributed by atoms with Crippen molar-refractivity contribution in [3.05, 3.63) is 24.8 Å². The summed E-state index contributed by atoms with van der Waals surface area (Å²) in [5, 5.41) is 0. The normalized spacial score (nSPS) is 12.8. The number of hydrogen-bond donors (Lipinski definition) is 1. The molecule has 0 aromatic rings. The van der Waals surface area contributed by atoms with Crippen molar-refractivity contribution in [1.29, 1.82) is 0 Å². The van der Waals surface area contributed by atoms with Crippen molar-refractivity contribution >= 4 is 0 Å². The molecule has 1 nitrogen and oxygen atoms in total. The molecule has 1 unspecified atom stereocenters. The minimum absolute atomic E-state index is 0.301. The van der Waals surface area contributed by atoms with Gasteiger partial charge in [0.1, 0.15) is 0 Å². The molecule has 0 heterocycles. The van der Waals surface area contributed by atoms with Crippen LogP contribution in [0.3, 0.4) is 0 Å². The Morgan fingerprint density at radius 1 is 1.88 bits per heavy atom. The predicted octanol–water partition coefficient (Wildman–Crippen LogP) is 1.32. The lowest BCUT2D eigenvalue weighted by molar-refractivity contribution is 0.774. The maximum atomic E-state index is 5.35. The van der Waals surface area contributed by atoms with Gasteiger partial charge in [-0.1, -0.05) is 18.2 Å². The second kappa shape index (κ2) is 3.44. The van der Waals surface area contributed by atoms with Crippen LogP contribution in [-0.4, -0.2) is 6.54 Å². The van der Waals surface area contributed by atoms with Crippen LogP contribution in [0, 0.1) is 5.92 Å². The first-order chi connectivity index (χ1) is 3.72. The minimum atomic E-state index is 0.301. The summed E-state index contributed by atoms with van der Waals surface area (Å²) >= 11 is 0. The third-order valence-corrected chi connectivity index (χ3v) is 1.17. The third-order valence-electron chi connectivity index (χ3n) is 1.17. The van der Waals surface area contributed by atoms with Crippen LogP contribution in [-0.2, 0) is 0 Å². The lowest BCUT2D eigenvalue weighted by atomic mass is 10.0. The first-order valence-corrected chi connectivity index (χ1v) is 2.70. The Morgan fingerprint density at radius 3 is 2.38 bits per heavy atom. The fourth-order valence-corrected chi connectivity index (χ4v) is 0.499. The highest BCUT2D eigenvalue weighted by Crippen LogP contribution is 2.05. The van der Waals surface area contributed by atoms with Crippen LogP contribution in [0.2, 0.25) is 0 Å². The molecule has 8 heavy (non-hydrogen) atoms. The predicted molar refractivity (Wildman–Crippen MR) is 37.6 cm³/mol. The van der Waals surface area contributed by atoms with E-state index in [0.717, 1.165) is 5.57 Å². The fraction of sp³-hybridized carbons (Fsp3) is 0.429. The Balaban J connectivity index is 3.69. The smallest absolute Gasteiger partial charge is 0.00916 e. The lowest BCUT2D eigenvalue weighted by Crippen LogP contribution is -2.11. The SMILES string of the molecule is C=CC(CN)C(=C)C. The van der Waals surface area contributed by atoms with Crippen LogP contribution in [0.1, 0.15) is 6.92 Å². The second-order valence-corrected chi connectivity index (χ2v) is 1.92. The standard InChI is InChI=1S/C7H13N/c1-4-7(5-8)6(2)3/h4,7H,1-2,5,8H2,3H3. The summed E-state index contributed by atoms with van der Waals surface area (Å²) in [4.78, 5) is 0. The molecule has 46 valence electrons. The average molecular weight is 111 g/mol. The molecule has 0 saturated heterocycles. The van der Waals surface area contributed by atoms with Crippen molar-refractivity contribution in [1.82, 2.24) is 0 Å². The first-order valence-electron chi connectivity index (χ1n) is 2.70. The molecular weight excluding hydrogens is 98.1 g/mol. The van der Waals surface area contributed by atoms with Gasteiger partial charge in [-0.3, -0.25) is 0 Å². The molecule has 0 aliphatic carbocycles. The molecule has 0 aliphatic heterocycles. The maximum absolute atomic E-state index is 5.35. The minimum Gasteiger partial charge on any atom is -0.330 e. The molecule has 0 saturated carbocycles. The Bertz CT molecular complexity index is 94.6. The van der Waals surface area contributed by atoms with E-state index in [1.165, 1.54) is 0 Å². The van der Waals surface area contributed by atoms with Crippen LogP contribution in [0.15, 0.2) is 24.8 Å². The molecule has 0 bridgehead atoms. The maximum Gasteiger partial charge on any atom is 0.00916 e. The zero-order valence-electron chi connectivity index (χ0n) is 5.35. The largest absolute Gasteiger partial charge is 0.330 e. The van der Waals surface area contributed by atoms with Gasteiger partial charge in [-0.25, -0.2) is 0 Å². The van der Waals surface area contributed by atoms with E-state index in [0.29, 0.717) is 12.5 Å². The van der Waals surface area contributed by atoms with Crippen molar-refractivity contribution in [3.63, 3.8) is 0 Å². The summed E-state index contributed by atoms with van der Waals surface area (Å²) in [6, 6.07) is 0. The van der Waals surface area contributed by atoms with Gasteiger partial charge >= 0.3 is 0 Å². The topological polar surface area (TPSA) is 26.0 Å². The molecule has 0 spiro atoms. The van der Waals surface area contributed by atoms with Gasteiger partial charge in [0.05, 0.1) is 0 Å². The van der Waals surface area contributed by atoms with Crippen LogP contribution in [0.4, 0.5) is 0 Å². The quantitative estimate of drug-likeness (QED) is 0.546. The highest BCUT2D eigenvalue weighted by Gasteiger charge is 1.98. The van der Waals surface area contributed by atoms with E-state index < -0.39 is 0 Å². The van der Waals surface area contributed by atoms with E-state index in [4.69, 9.17) is 5.73 Å². The van der Waals surface area contributed by atoms with E-state index >= 15 is 0 Å². The van der Waals surface area contributed by atoms with Crippen LogP contribution < -0.4 is 5.73 Å². The van der Waals surface area contributed by atoms with Gasteiger partial charge in [-0.2, -0.15) is 0 Å². The molecule has 1 heteroatoms. The molecular formula is C7H13N. The van der Waals surface area contributed by atoms with Crippen LogP contribution in [0.5, 0.6) is 0 Å². The highest BCUT2D eigenvalue weighted by atomic mass is 14.5. The van der Waals surface area contributed by atoms with Gasteiger partial charge in [-0.15, -0.1) is 6.58 Å². The zero-order chi connectivity index (χ0) is 6.57. The van der Waals surface area contributed by atoms with Crippen molar-refractivity contribution in [2.45, 2.75) is 6.92 Å². The van der Waals surface area contributed by atoms with Gasteiger partial charge in [-0.05, 0) is 6.92 Å². The second-order valence-electron chi connectivity index (χ2n) is 1.92. The Labute approximate surface area is 50.9 Å². The molecule has 0 radical (unpaired) electrons. The van der Waals surface area contributed by atoms with E-state index in [-0.39, 0.29) is 0 Å². The van der Waals surface area contributed by atoms with E-state index in [2.05, 4.69) is 13.2 Å². The van der Waals surface area contributed by atoms with E-state index in [1.54, 1.807) is 0 Å². The molecule has 0 fully saturated rings. The summed E-state index contributed by atoms with van der Waals surface area (Å²) in [5.41, 5.74) is 6.44. The Hall–Kier alpha value is -0.560. The Morgan fingerprint density at radius 2 is 2.38 bits per heavy atom. The lowest BCUT2D eigenvalue weighted by Gasteiger charge is -2.06. The summed E-state index contributed by atoms with van der Waals surface area (Å²) < 4.78 is 0. The Kier molecular flexibility index (Phi) is 3.20. The zero-order valence-corrected chi connectivity index (χ0v) is 5.35. The molecule has 0 amide bonds. The number of rotatable bonds is 3. The molecule has 0 rings (SSSR count). The molecule has 2 N–H and O–H groups in total. The van der Waals surface area contributed by atoms with Crippen molar-refractivity contribution in [3.8, 4) is 0 Å². The van der Waals surface area contributed by atoms with Crippen LogP contribution >= 0.6 is 0 Å². The van der Waals surface area contributed by atoms with Crippen LogP contribution in [0.25, 0.3) is 0 Å². The molecule has 0 aromatic heterocycles. The summed E-state index contributed by atoms with van der Waals surface area (Å²) in [6.07, 6.45) is 1.82. The average Bonchev–Trinajstić information content (AvgIpc) is 1.69. The van der Waals surface area contributed by atoms with E-state index in [9.17, 15) is 0 Å². The van der Waals surface area contributed by atoms with Crippen molar-refractivity contribution in [2.24, 2.45) is 11.7 Å². The van der Waals surface area contributed by atoms with E-state index in [1.807, 2.05) is 13.0 Å². The van der Waals surface area contributed by atoms with Gasteiger partial charge in [0.2, 0.25) is 0 Å². The highest BCUT2D eigenvalue weighted by molar-refractivity contribution is 5.04. The van der Waals surface area contributed by atoms with Crippen molar-refractivity contribution in [2.75, 3.05) is 6.54 Å². The third kappa shape index (κ3) is 1.94. The summed E-state index contributed by atoms with van der Waals surface area (Å²) in [5.74, 6) is 0.301. The van der Waals surface area contributed by atoms with Gasteiger partial charge in [0.15, 0.2) is 0 Å². The summed E-state index contributed by atoms with van der Waals surface area (Å²) in [6.45, 7) is 9.94. The van der Waals surface area contributed by atoms with Gasteiger partial charge in [0.25, 0.3) is 0 Å². The first kappa shape index (κ1) is 7.44. The van der Waals surface area contributed by atoms with Gasteiger partial charge < -0.3 is 5.73 Å². The van der Waals surface area contributed by atoms with Gasteiger partial charge in [0, 0.05) is 12.5 Å². The summed E-state index contributed by atoms with van der Waals surface area (Å²) in [7, 11) is 0. The monoisotopic (exact) mass is 111 g/mol.